The first-order valence-electron chi connectivity index (χ1n) is 7.85. The topological polar surface area (TPSA) is 59.6 Å². The van der Waals surface area contributed by atoms with Gasteiger partial charge in [-0.15, -0.1) is 0 Å². The monoisotopic (exact) mass is 284 g/mol. The van der Waals surface area contributed by atoms with Crippen molar-refractivity contribution in [3.8, 4) is 0 Å². The highest BCUT2D eigenvalue weighted by atomic mass is 16.6. The summed E-state index contributed by atoms with van der Waals surface area (Å²) in [6.07, 6.45) is 3.57. The summed E-state index contributed by atoms with van der Waals surface area (Å²) in [5.74, 6) is -0.0226. The molecule has 1 amide bonds. The van der Waals surface area contributed by atoms with Gasteiger partial charge in [0, 0.05) is 12.5 Å². The van der Waals surface area contributed by atoms with Crippen molar-refractivity contribution >= 4 is 5.91 Å². The first kappa shape index (κ1) is 15.7. The van der Waals surface area contributed by atoms with Gasteiger partial charge in [0.1, 0.15) is 6.10 Å². The normalized spacial score (nSPS) is 28.2. The maximum Gasteiger partial charge on any atom is 0.249 e. The summed E-state index contributed by atoms with van der Waals surface area (Å²) in [5, 5.41) is 6.31. The Morgan fingerprint density at radius 1 is 1.45 bits per heavy atom. The molecule has 5 heteroatoms. The predicted octanol–water partition coefficient (Wildman–Crippen LogP) is 1.22. The van der Waals surface area contributed by atoms with Crippen molar-refractivity contribution < 1.29 is 14.3 Å². The Bertz CT molecular complexity index is 329. The van der Waals surface area contributed by atoms with E-state index in [0.29, 0.717) is 6.61 Å². The molecule has 0 aromatic rings. The van der Waals surface area contributed by atoms with Crippen LogP contribution in [-0.2, 0) is 14.3 Å². The van der Waals surface area contributed by atoms with E-state index in [1.54, 1.807) is 0 Å². The molecule has 2 rings (SSSR count). The summed E-state index contributed by atoms with van der Waals surface area (Å²) in [5.41, 5.74) is -0.0111. The van der Waals surface area contributed by atoms with Gasteiger partial charge in [-0.25, -0.2) is 0 Å². The highest BCUT2D eigenvalue weighted by molar-refractivity contribution is 5.80. The molecule has 1 spiro atoms. The molecule has 2 aliphatic rings. The van der Waals surface area contributed by atoms with Crippen LogP contribution in [0.1, 0.15) is 46.5 Å². The number of amides is 1. The minimum atomic E-state index is -0.408. The van der Waals surface area contributed by atoms with Gasteiger partial charge < -0.3 is 20.1 Å². The minimum absolute atomic E-state index is 0.0111. The average molecular weight is 284 g/mol. The second kappa shape index (κ2) is 6.87. The van der Waals surface area contributed by atoms with E-state index in [-0.39, 0.29) is 23.7 Å². The fourth-order valence-electron chi connectivity index (χ4n) is 2.93. The molecular formula is C15H28N2O3. The Balaban J connectivity index is 1.78. The van der Waals surface area contributed by atoms with Gasteiger partial charge in [0.25, 0.3) is 0 Å². The molecule has 2 heterocycles. The van der Waals surface area contributed by atoms with E-state index < -0.39 is 6.10 Å². The van der Waals surface area contributed by atoms with Crippen LogP contribution in [0.4, 0.5) is 0 Å². The summed E-state index contributed by atoms with van der Waals surface area (Å²) in [6.45, 7) is 8.52. The third-order valence-electron chi connectivity index (χ3n) is 4.46. The van der Waals surface area contributed by atoms with Gasteiger partial charge in [-0.1, -0.05) is 6.92 Å². The molecule has 2 N–H and O–H groups in total. The zero-order valence-corrected chi connectivity index (χ0v) is 12.9. The third-order valence-corrected chi connectivity index (χ3v) is 4.46. The van der Waals surface area contributed by atoms with E-state index in [1.165, 1.54) is 0 Å². The fourth-order valence-corrected chi connectivity index (χ4v) is 2.93. The Kier molecular flexibility index (Phi) is 5.41. The number of ether oxygens (including phenoxy) is 2. The number of rotatable bonds is 5. The van der Waals surface area contributed by atoms with Crippen LogP contribution in [0, 0.1) is 0 Å². The van der Waals surface area contributed by atoms with Gasteiger partial charge in [0.15, 0.2) is 0 Å². The van der Waals surface area contributed by atoms with Crippen LogP contribution in [0.3, 0.4) is 0 Å². The molecule has 0 aromatic carbocycles. The summed E-state index contributed by atoms with van der Waals surface area (Å²) >= 11 is 0. The number of carbonyl (C=O) groups is 1. The number of hydrogen-bond donors (Lipinski definition) is 2. The second-order valence-corrected chi connectivity index (χ2v) is 6.17. The van der Waals surface area contributed by atoms with E-state index in [0.717, 1.165) is 38.8 Å². The van der Waals surface area contributed by atoms with Crippen LogP contribution in [0.5, 0.6) is 0 Å². The molecule has 0 saturated carbocycles. The summed E-state index contributed by atoms with van der Waals surface area (Å²) in [6, 6.07) is 0.198. The zero-order valence-electron chi connectivity index (χ0n) is 12.9. The lowest BCUT2D eigenvalue weighted by Gasteiger charge is -2.32. The molecule has 3 unspecified atom stereocenters. The minimum Gasteiger partial charge on any atom is -0.372 e. The van der Waals surface area contributed by atoms with E-state index in [1.807, 2.05) is 13.8 Å². The highest BCUT2D eigenvalue weighted by Crippen LogP contribution is 2.35. The molecule has 3 atom stereocenters. The van der Waals surface area contributed by atoms with Crippen LogP contribution >= 0.6 is 0 Å². The van der Waals surface area contributed by atoms with Gasteiger partial charge in [-0.2, -0.15) is 0 Å². The van der Waals surface area contributed by atoms with Crippen LogP contribution in [0.2, 0.25) is 0 Å². The summed E-state index contributed by atoms with van der Waals surface area (Å²) in [7, 11) is 0. The van der Waals surface area contributed by atoms with E-state index in [4.69, 9.17) is 9.47 Å². The van der Waals surface area contributed by atoms with Crippen molar-refractivity contribution in [2.75, 3.05) is 19.7 Å². The van der Waals surface area contributed by atoms with E-state index >= 15 is 0 Å². The van der Waals surface area contributed by atoms with Crippen LogP contribution in [0.25, 0.3) is 0 Å². The molecule has 0 radical (unpaired) electrons. The number of nitrogens with one attached hydrogen (secondary N) is 2. The standard InChI is InChI=1S/C15H28N2O3/c1-4-11(2)17-14(18)12(3)20-13-9-15(19-10-13)5-7-16-8-6-15/h11-13,16H,4-10H2,1-3H3,(H,17,18). The first-order valence-corrected chi connectivity index (χ1v) is 7.85. The van der Waals surface area contributed by atoms with Crippen molar-refractivity contribution in [2.24, 2.45) is 0 Å². The highest BCUT2D eigenvalue weighted by Gasteiger charge is 2.42. The molecule has 0 aliphatic carbocycles. The lowest BCUT2D eigenvalue weighted by atomic mass is 9.89. The molecule has 2 saturated heterocycles. The zero-order chi connectivity index (χ0) is 14.6. The molecule has 0 aromatic heterocycles. The number of hydrogen-bond acceptors (Lipinski definition) is 4. The van der Waals surface area contributed by atoms with Gasteiger partial charge >= 0.3 is 0 Å². The number of carbonyl (C=O) groups excluding carboxylic acids is 1. The number of piperidine rings is 1. The summed E-state index contributed by atoms with van der Waals surface area (Å²) < 4.78 is 11.9. The van der Waals surface area contributed by atoms with Gasteiger partial charge in [0.2, 0.25) is 5.91 Å². The molecule has 116 valence electrons. The lowest BCUT2D eigenvalue weighted by molar-refractivity contribution is -0.135. The third kappa shape index (κ3) is 3.93. The molecule has 2 aliphatic heterocycles. The lowest BCUT2D eigenvalue weighted by Crippen LogP contribution is -2.43. The van der Waals surface area contributed by atoms with E-state index in [2.05, 4.69) is 17.6 Å². The second-order valence-electron chi connectivity index (χ2n) is 6.17. The molecule has 20 heavy (non-hydrogen) atoms. The maximum absolute atomic E-state index is 12.0. The average Bonchev–Trinajstić information content (AvgIpc) is 2.81. The van der Waals surface area contributed by atoms with E-state index in [9.17, 15) is 4.79 Å². The summed E-state index contributed by atoms with van der Waals surface area (Å²) in [4.78, 5) is 12.0. The fraction of sp³-hybridized carbons (Fsp3) is 0.933. The Morgan fingerprint density at radius 3 is 2.80 bits per heavy atom. The first-order chi connectivity index (χ1) is 9.54. The molecule has 2 fully saturated rings. The van der Waals surface area contributed by atoms with Crippen LogP contribution in [0.15, 0.2) is 0 Å². The predicted molar refractivity (Wildman–Crippen MR) is 77.6 cm³/mol. The quantitative estimate of drug-likeness (QED) is 0.797. The van der Waals surface area contributed by atoms with Gasteiger partial charge in [-0.3, -0.25) is 4.79 Å². The molecule has 0 bridgehead atoms. The smallest absolute Gasteiger partial charge is 0.249 e. The van der Waals surface area contributed by atoms with Crippen molar-refractivity contribution in [2.45, 2.75) is 70.3 Å². The van der Waals surface area contributed by atoms with Crippen molar-refractivity contribution in [1.82, 2.24) is 10.6 Å². The van der Waals surface area contributed by atoms with Gasteiger partial charge in [-0.05, 0) is 46.2 Å². The van der Waals surface area contributed by atoms with Crippen molar-refractivity contribution in [3.05, 3.63) is 0 Å². The van der Waals surface area contributed by atoms with Gasteiger partial charge in [0.05, 0.1) is 18.3 Å². The largest absolute Gasteiger partial charge is 0.372 e. The Labute approximate surface area is 121 Å². The molecular weight excluding hydrogens is 256 g/mol. The maximum atomic E-state index is 12.0. The Morgan fingerprint density at radius 2 is 2.15 bits per heavy atom. The molecule has 5 nitrogen and oxygen atoms in total. The van der Waals surface area contributed by atoms with Crippen molar-refractivity contribution in [1.29, 1.82) is 0 Å². The SMILES string of the molecule is CCC(C)NC(=O)C(C)OC1COC2(CCNCC2)C1. The van der Waals surface area contributed by atoms with Crippen LogP contribution < -0.4 is 10.6 Å². The van der Waals surface area contributed by atoms with Crippen LogP contribution in [-0.4, -0.2) is 49.5 Å². The van der Waals surface area contributed by atoms with Crippen molar-refractivity contribution in [3.63, 3.8) is 0 Å². The Hall–Kier alpha value is -0.650.